The number of thioether (sulfide) groups is 1. The molecule has 1 fully saturated rings. The second-order valence-corrected chi connectivity index (χ2v) is 7.41. The van der Waals surface area contributed by atoms with E-state index in [-0.39, 0.29) is 18.2 Å². The Bertz CT molecular complexity index is 931. The van der Waals surface area contributed by atoms with Crippen molar-refractivity contribution in [1.29, 1.82) is 0 Å². The number of benzene rings is 2. The second-order valence-electron chi connectivity index (χ2n) is 5.78. The van der Waals surface area contributed by atoms with Gasteiger partial charge in [-0.2, -0.15) is 5.10 Å². The van der Waals surface area contributed by atoms with E-state index in [0.717, 1.165) is 5.56 Å². The number of ether oxygens (including phenoxy) is 1. The molecule has 3 rings (SSSR count). The van der Waals surface area contributed by atoms with Gasteiger partial charge in [0.2, 0.25) is 11.8 Å². The van der Waals surface area contributed by atoms with Crippen molar-refractivity contribution in [2.75, 3.05) is 12.4 Å². The monoisotopic (exact) mass is 416 g/mol. The highest BCUT2D eigenvalue weighted by Crippen LogP contribution is 2.24. The van der Waals surface area contributed by atoms with Crippen molar-refractivity contribution in [2.24, 2.45) is 10.2 Å². The summed E-state index contributed by atoms with van der Waals surface area (Å²) in [4.78, 5) is 24.3. The molecule has 1 aliphatic rings. The van der Waals surface area contributed by atoms with Gasteiger partial charge >= 0.3 is 0 Å². The first-order valence-corrected chi connectivity index (χ1v) is 9.57. The molecular weight excluding hydrogens is 400 g/mol. The zero-order valence-electron chi connectivity index (χ0n) is 14.9. The van der Waals surface area contributed by atoms with Crippen molar-refractivity contribution in [3.63, 3.8) is 0 Å². The lowest BCUT2D eigenvalue weighted by Crippen LogP contribution is -2.28. The number of nitrogens with one attached hydrogen (secondary N) is 2. The molecule has 1 heterocycles. The number of halogens is 1. The van der Waals surface area contributed by atoms with E-state index in [1.165, 1.54) is 11.8 Å². The van der Waals surface area contributed by atoms with E-state index in [9.17, 15) is 9.59 Å². The summed E-state index contributed by atoms with van der Waals surface area (Å²) < 4.78 is 5.12. The van der Waals surface area contributed by atoms with Crippen LogP contribution in [-0.4, -0.2) is 35.6 Å². The van der Waals surface area contributed by atoms with E-state index in [1.54, 1.807) is 61.9 Å². The van der Waals surface area contributed by atoms with Gasteiger partial charge in [0.05, 0.1) is 13.3 Å². The highest BCUT2D eigenvalue weighted by molar-refractivity contribution is 8.15. The third-order valence-electron chi connectivity index (χ3n) is 3.73. The Morgan fingerprint density at radius 2 is 2.11 bits per heavy atom. The van der Waals surface area contributed by atoms with Crippen molar-refractivity contribution in [3.8, 4) is 5.75 Å². The summed E-state index contributed by atoms with van der Waals surface area (Å²) in [5.41, 5.74) is 1.44. The van der Waals surface area contributed by atoms with Crippen LogP contribution >= 0.6 is 23.4 Å². The van der Waals surface area contributed by atoms with Gasteiger partial charge in [-0.25, -0.2) is 0 Å². The standard InChI is InChI=1S/C19H17ClN4O3S/c1-27-15-4-2-3-14(9-15)22-17(25)10-16-18(26)23-19(28-16)24-21-11-12-5-7-13(20)8-6-12/h2-9,11,16H,10H2,1H3,(H,22,25)(H,23,24,26)/b21-11-/t16-/m1/s1. The van der Waals surface area contributed by atoms with Crippen molar-refractivity contribution in [1.82, 2.24) is 5.32 Å². The number of amides is 2. The van der Waals surface area contributed by atoms with Gasteiger partial charge in [-0.3, -0.25) is 9.59 Å². The first kappa shape index (κ1) is 19.9. The predicted octanol–water partition coefficient (Wildman–Crippen LogP) is 3.30. The van der Waals surface area contributed by atoms with Crippen LogP contribution in [0.4, 0.5) is 5.69 Å². The van der Waals surface area contributed by atoms with Gasteiger partial charge in [0.1, 0.15) is 11.0 Å². The average molecular weight is 417 g/mol. The minimum atomic E-state index is -0.560. The smallest absolute Gasteiger partial charge is 0.240 e. The van der Waals surface area contributed by atoms with Gasteiger partial charge in [-0.05, 0) is 29.8 Å². The average Bonchev–Trinajstić information content (AvgIpc) is 3.02. The topological polar surface area (TPSA) is 92.2 Å². The lowest BCUT2D eigenvalue weighted by atomic mass is 10.2. The SMILES string of the molecule is COc1cccc(NC(=O)C[C@H]2S/C(=N/N=C\c3ccc(Cl)cc3)NC2=O)c1. The minimum absolute atomic E-state index is 0.0215. The van der Waals surface area contributed by atoms with Crippen molar-refractivity contribution < 1.29 is 14.3 Å². The summed E-state index contributed by atoms with van der Waals surface area (Å²) in [6, 6.07) is 14.1. The molecule has 0 aromatic heterocycles. The number of anilines is 1. The number of amidine groups is 1. The molecule has 0 aliphatic carbocycles. The van der Waals surface area contributed by atoms with E-state index < -0.39 is 5.25 Å². The van der Waals surface area contributed by atoms with Crippen LogP contribution in [0, 0.1) is 0 Å². The molecule has 1 atom stereocenters. The van der Waals surface area contributed by atoms with E-state index in [4.69, 9.17) is 16.3 Å². The number of nitrogens with zero attached hydrogens (tertiary/aromatic N) is 2. The molecule has 1 saturated heterocycles. The molecule has 1 aliphatic heterocycles. The molecule has 0 unspecified atom stereocenters. The highest BCUT2D eigenvalue weighted by atomic mass is 35.5. The number of methoxy groups -OCH3 is 1. The summed E-state index contributed by atoms with van der Waals surface area (Å²) in [7, 11) is 1.55. The summed E-state index contributed by atoms with van der Waals surface area (Å²) in [5.74, 6) is 0.0943. The molecule has 2 amide bonds. The Kier molecular flexibility index (Phi) is 6.67. The molecule has 2 aromatic carbocycles. The number of hydrogen-bond donors (Lipinski definition) is 2. The molecular formula is C19H17ClN4O3S. The Morgan fingerprint density at radius 1 is 1.32 bits per heavy atom. The van der Waals surface area contributed by atoms with Gasteiger partial charge in [-0.15, -0.1) is 5.10 Å². The third kappa shape index (κ3) is 5.58. The predicted molar refractivity (Wildman–Crippen MR) is 112 cm³/mol. The van der Waals surface area contributed by atoms with Crippen LogP contribution in [0.2, 0.25) is 5.02 Å². The van der Waals surface area contributed by atoms with E-state index in [2.05, 4.69) is 20.8 Å². The molecule has 7 nitrogen and oxygen atoms in total. The van der Waals surface area contributed by atoms with Crippen LogP contribution < -0.4 is 15.4 Å². The van der Waals surface area contributed by atoms with Gasteiger partial charge in [0.25, 0.3) is 0 Å². The molecule has 9 heteroatoms. The zero-order chi connectivity index (χ0) is 19.9. The molecule has 28 heavy (non-hydrogen) atoms. The summed E-state index contributed by atoms with van der Waals surface area (Å²) in [6.45, 7) is 0. The summed E-state index contributed by atoms with van der Waals surface area (Å²) >= 11 is 7.00. The Morgan fingerprint density at radius 3 is 2.86 bits per heavy atom. The summed E-state index contributed by atoms with van der Waals surface area (Å²) in [5, 5.41) is 13.8. The lowest BCUT2D eigenvalue weighted by Gasteiger charge is -2.08. The molecule has 2 aromatic rings. The Balaban J connectivity index is 1.54. The van der Waals surface area contributed by atoms with Gasteiger partial charge in [0, 0.05) is 23.2 Å². The van der Waals surface area contributed by atoms with Gasteiger partial charge in [-0.1, -0.05) is 41.6 Å². The second kappa shape index (κ2) is 9.38. The maximum Gasteiger partial charge on any atom is 0.240 e. The quantitative estimate of drug-likeness (QED) is 0.558. The fourth-order valence-corrected chi connectivity index (χ4v) is 3.41. The fourth-order valence-electron chi connectivity index (χ4n) is 2.36. The molecule has 0 bridgehead atoms. The van der Waals surface area contributed by atoms with Crippen LogP contribution in [0.5, 0.6) is 5.75 Å². The maximum atomic E-state index is 12.2. The highest BCUT2D eigenvalue weighted by Gasteiger charge is 2.32. The molecule has 144 valence electrons. The van der Waals surface area contributed by atoms with Crippen LogP contribution in [0.25, 0.3) is 0 Å². The first-order valence-electron chi connectivity index (χ1n) is 8.31. The number of carbonyl (C=O) groups is 2. The van der Waals surface area contributed by atoms with E-state index >= 15 is 0 Å². The van der Waals surface area contributed by atoms with E-state index in [0.29, 0.717) is 21.6 Å². The van der Waals surface area contributed by atoms with Crippen molar-refractivity contribution in [3.05, 3.63) is 59.1 Å². The number of rotatable bonds is 6. The molecule has 0 saturated carbocycles. The van der Waals surface area contributed by atoms with Crippen molar-refractivity contribution >= 4 is 52.2 Å². The number of carbonyl (C=O) groups excluding carboxylic acids is 2. The van der Waals surface area contributed by atoms with Crippen LogP contribution in [0.15, 0.2) is 58.7 Å². The van der Waals surface area contributed by atoms with E-state index in [1.807, 2.05) is 0 Å². The minimum Gasteiger partial charge on any atom is -0.497 e. The van der Waals surface area contributed by atoms with Crippen molar-refractivity contribution in [2.45, 2.75) is 11.7 Å². The summed E-state index contributed by atoms with van der Waals surface area (Å²) in [6.07, 6.45) is 1.58. The molecule has 2 N–H and O–H groups in total. The Hall–Kier alpha value is -2.84. The largest absolute Gasteiger partial charge is 0.497 e. The van der Waals surface area contributed by atoms with Crippen LogP contribution in [-0.2, 0) is 9.59 Å². The van der Waals surface area contributed by atoms with Gasteiger partial charge < -0.3 is 15.4 Å². The third-order valence-corrected chi connectivity index (χ3v) is 5.05. The van der Waals surface area contributed by atoms with Crippen LogP contribution in [0.1, 0.15) is 12.0 Å². The zero-order valence-corrected chi connectivity index (χ0v) is 16.5. The maximum absolute atomic E-state index is 12.2. The van der Waals surface area contributed by atoms with Crippen LogP contribution in [0.3, 0.4) is 0 Å². The van der Waals surface area contributed by atoms with Gasteiger partial charge in [0.15, 0.2) is 5.17 Å². The number of hydrogen-bond acceptors (Lipinski definition) is 6. The first-order chi connectivity index (χ1) is 13.5. The fraction of sp³-hybridized carbons (Fsp3) is 0.158. The Labute approximate surface area is 171 Å². The normalized spacial score (nSPS) is 17.7. The molecule has 0 radical (unpaired) electrons. The lowest BCUT2D eigenvalue weighted by molar-refractivity contribution is -0.122. The molecule has 0 spiro atoms.